The monoisotopic (exact) mass is 329 g/mol. The molecular formula is C18H23N3O3. The molecule has 0 radical (unpaired) electrons. The van der Waals surface area contributed by atoms with Gasteiger partial charge in [-0.05, 0) is 30.2 Å². The zero-order valence-electron chi connectivity index (χ0n) is 14.0. The Morgan fingerprint density at radius 2 is 1.96 bits per heavy atom. The molecule has 1 aromatic carbocycles. The number of amides is 1. The van der Waals surface area contributed by atoms with E-state index in [1.807, 2.05) is 24.3 Å². The summed E-state index contributed by atoms with van der Waals surface area (Å²) in [5.74, 6) is 1.47. The number of nitrogens with zero attached hydrogens (tertiary/aromatic N) is 1. The summed E-state index contributed by atoms with van der Waals surface area (Å²) in [6, 6.07) is 11.5. The third-order valence-electron chi connectivity index (χ3n) is 3.51. The summed E-state index contributed by atoms with van der Waals surface area (Å²) in [5, 5.41) is 6.00. The highest BCUT2D eigenvalue weighted by molar-refractivity contribution is 5.94. The van der Waals surface area contributed by atoms with Crippen LogP contribution in [-0.4, -0.2) is 44.8 Å². The summed E-state index contributed by atoms with van der Waals surface area (Å²) in [7, 11) is 3.27. The number of pyridine rings is 1. The smallest absolute Gasteiger partial charge is 0.252 e. The van der Waals surface area contributed by atoms with Gasteiger partial charge in [-0.1, -0.05) is 18.2 Å². The number of aromatic nitrogens is 1. The normalized spacial score (nSPS) is 10.2. The van der Waals surface area contributed by atoms with Crippen molar-refractivity contribution in [1.82, 2.24) is 10.3 Å². The van der Waals surface area contributed by atoms with Gasteiger partial charge in [-0.15, -0.1) is 0 Å². The number of carbonyl (C=O) groups excluding carboxylic acids is 1. The first-order valence-corrected chi connectivity index (χ1v) is 7.83. The Hall–Kier alpha value is -2.60. The van der Waals surface area contributed by atoms with Crippen LogP contribution in [-0.2, 0) is 11.2 Å². The Morgan fingerprint density at radius 1 is 1.12 bits per heavy atom. The molecule has 0 spiro atoms. The Bertz CT molecular complexity index is 644. The summed E-state index contributed by atoms with van der Waals surface area (Å²) in [6.07, 6.45) is 2.39. The second-order valence-corrected chi connectivity index (χ2v) is 5.17. The molecule has 2 aromatic rings. The van der Waals surface area contributed by atoms with Gasteiger partial charge in [0.05, 0.1) is 19.3 Å². The molecule has 6 nitrogen and oxygen atoms in total. The lowest BCUT2D eigenvalue weighted by Gasteiger charge is -2.10. The summed E-state index contributed by atoms with van der Waals surface area (Å²) >= 11 is 0. The lowest BCUT2D eigenvalue weighted by Crippen LogP contribution is -2.27. The van der Waals surface area contributed by atoms with Crippen LogP contribution in [0.4, 0.5) is 5.82 Å². The molecule has 0 atom stereocenters. The second-order valence-electron chi connectivity index (χ2n) is 5.17. The van der Waals surface area contributed by atoms with E-state index in [0.717, 1.165) is 30.1 Å². The van der Waals surface area contributed by atoms with Gasteiger partial charge in [0.2, 0.25) is 0 Å². The number of rotatable bonds is 9. The quantitative estimate of drug-likeness (QED) is 0.690. The van der Waals surface area contributed by atoms with Gasteiger partial charge < -0.3 is 20.1 Å². The molecule has 1 aromatic heterocycles. The van der Waals surface area contributed by atoms with Crippen molar-refractivity contribution in [3.8, 4) is 5.75 Å². The number of anilines is 1. The molecule has 0 aliphatic carbocycles. The first kappa shape index (κ1) is 17.7. The van der Waals surface area contributed by atoms with E-state index in [2.05, 4.69) is 15.6 Å². The van der Waals surface area contributed by atoms with Crippen molar-refractivity contribution in [2.75, 3.05) is 39.2 Å². The van der Waals surface area contributed by atoms with E-state index in [0.29, 0.717) is 18.7 Å². The van der Waals surface area contributed by atoms with Crippen molar-refractivity contribution >= 4 is 11.7 Å². The van der Waals surface area contributed by atoms with Crippen molar-refractivity contribution in [1.29, 1.82) is 0 Å². The van der Waals surface area contributed by atoms with Gasteiger partial charge in [-0.25, -0.2) is 4.98 Å². The summed E-state index contributed by atoms with van der Waals surface area (Å²) < 4.78 is 10.2. The fourth-order valence-electron chi connectivity index (χ4n) is 2.24. The van der Waals surface area contributed by atoms with Crippen molar-refractivity contribution in [2.24, 2.45) is 0 Å². The molecule has 128 valence electrons. The molecule has 24 heavy (non-hydrogen) atoms. The van der Waals surface area contributed by atoms with Crippen LogP contribution in [0.2, 0.25) is 0 Å². The van der Waals surface area contributed by atoms with Crippen LogP contribution in [0.25, 0.3) is 0 Å². The van der Waals surface area contributed by atoms with Gasteiger partial charge >= 0.3 is 0 Å². The van der Waals surface area contributed by atoms with E-state index in [1.54, 1.807) is 32.5 Å². The van der Waals surface area contributed by atoms with Crippen molar-refractivity contribution in [3.63, 3.8) is 0 Å². The zero-order valence-corrected chi connectivity index (χ0v) is 14.0. The fourth-order valence-corrected chi connectivity index (χ4v) is 2.24. The standard InChI is InChI=1S/C18H23N3O3/c1-23-12-11-20-18(22)15-7-8-17(21-13-15)19-10-9-14-5-3-4-6-16(14)24-2/h3-8,13H,9-12H2,1-2H3,(H,19,21)(H,20,22). The highest BCUT2D eigenvalue weighted by Gasteiger charge is 2.06. The molecule has 0 unspecified atom stereocenters. The Kier molecular flexibility index (Phi) is 7.04. The Labute approximate surface area is 142 Å². The molecule has 1 amide bonds. The predicted molar refractivity (Wildman–Crippen MR) is 93.6 cm³/mol. The minimum absolute atomic E-state index is 0.153. The molecule has 0 aliphatic heterocycles. The van der Waals surface area contributed by atoms with Gasteiger partial charge in [0.25, 0.3) is 5.91 Å². The number of methoxy groups -OCH3 is 2. The maximum Gasteiger partial charge on any atom is 0.252 e. The minimum Gasteiger partial charge on any atom is -0.496 e. The average molecular weight is 329 g/mol. The van der Waals surface area contributed by atoms with Gasteiger partial charge in [0.1, 0.15) is 11.6 Å². The number of nitrogens with one attached hydrogen (secondary N) is 2. The van der Waals surface area contributed by atoms with Crippen molar-refractivity contribution < 1.29 is 14.3 Å². The van der Waals surface area contributed by atoms with Crippen LogP contribution in [0.1, 0.15) is 15.9 Å². The van der Waals surface area contributed by atoms with E-state index < -0.39 is 0 Å². The molecule has 0 fully saturated rings. The van der Waals surface area contributed by atoms with Crippen LogP contribution in [0.15, 0.2) is 42.6 Å². The van der Waals surface area contributed by atoms with E-state index in [9.17, 15) is 4.79 Å². The molecule has 0 bridgehead atoms. The number of hydrogen-bond donors (Lipinski definition) is 2. The number of ether oxygens (including phenoxy) is 2. The van der Waals surface area contributed by atoms with Gasteiger partial charge in [0.15, 0.2) is 0 Å². The third kappa shape index (κ3) is 5.24. The van der Waals surface area contributed by atoms with Crippen molar-refractivity contribution in [2.45, 2.75) is 6.42 Å². The fraction of sp³-hybridized carbons (Fsp3) is 0.333. The number of para-hydroxylation sites is 1. The molecule has 0 saturated carbocycles. The Balaban J connectivity index is 1.82. The molecule has 0 saturated heterocycles. The van der Waals surface area contributed by atoms with E-state index >= 15 is 0 Å². The van der Waals surface area contributed by atoms with Crippen LogP contribution < -0.4 is 15.4 Å². The minimum atomic E-state index is -0.153. The van der Waals surface area contributed by atoms with Crippen LogP contribution >= 0.6 is 0 Å². The number of hydrogen-bond acceptors (Lipinski definition) is 5. The SMILES string of the molecule is COCCNC(=O)c1ccc(NCCc2ccccc2OC)nc1. The predicted octanol–water partition coefficient (Wildman–Crippen LogP) is 2.12. The van der Waals surface area contributed by atoms with E-state index in [4.69, 9.17) is 9.47 Å². The molecule has 2 N–H and O–H groups in total. The molecule has 0 aliphatic rings. The highest BCUT2D eigenvalue weighted by Crippen LogP contribution is 2.17. The molecule has 1 heterocycles. The van der Waals surface area contributed by atoms with Crippen LogP contribution in [0, 0.1) is 0 Å². The van der Waals surface area contributed by atoms with Crippen LogP contribution in [0.3, 0.4) is 0 Å². The largest absolute Gasteiger partial charge is 0.496 e. The van der Waals surface area contributed by atoms with Crippen molar-refractivity contribution in [3.05, 3.63) is 53.7 Å². The summed E-state index contributed by atoms with van der Waals surface area (Å²) in [5.41, 5.74) is 1.67. The first-order valence-electron chi connectivity index (χ1n) is 7.83. The average Bonchev–Trinajstić information content (AvgIpc) is 2.63. The van der Waals surface area contributed by atoms with E-state index in [-0.39, 0.29) is 5.91 Å². The van der Waals surface area contributed by atoms with E-state index in [1.165, 1.54) is 0 Å². The topological polar surface area (TPSA) is 72.5 Å². The maximum atomic E-state index is 11.9. The van der Waals surface area contributed by atoms with Gasteiger partial charge in [0, 0.05) is 26.4 Å². The molecular weight excluding hydrogens is 306 g/mol. The summed E-state index contributed by atoms with van der Waals surface area (Å²) in [6.45, 7) is 1.70. The molecule has 6 heteroatoms. The number of carbonyl (C=O) groups is 1. The highest BCUT2D eigenvalue weighted by atomic mass is 16.5. The van der Waals surface area contributed by atoms with Crippen LogP contribution in [0.5, 0.6) is 5.75 Å². The lowest BCUT2D eigenvalue weighted by atomic mass is 10.1. The van der Waals surface area contributed by atoms with Gasteiger partial charge in [-0.3, -0.25) is 4.79 Å². The number of benzene rings is 1. The first-order chi connectivity index (χ1) is 11.7. The Morgan fingerprint density at radius 3 is 2.67 bits per heavy atom. The van der Waals surface area contributed by atoms with Gasteiger partial charge in [-0.2, -0.15) is 0 Å². The summed E-state index contributed by atoms with van der Waals surface area (Å²) in [4.78, 5) is 16.1. The maximum absolute atomic E-state index is 11.9. The molecule has 2 rings (SSSR count). The second kappa shape index (κ2) is 9.52. The zero-order chi connectivity index (χ0) is 17.2. The lowest BCUT2D eigenvalue weighted by molar-refractivity contribution is 0.0937. The third-order valence-corrected chi connectivity index (χ3v) is 3.51.